The molecule has 0 saturated carbocycles. The number of aromatic amines is 1. The first-order valence-corrected chi connectivity index (χ1v) is 7.13. The van der Waals surface area contributed by atoms with Crippen molar-refractivity contribution < 1.29 is 0 Å². The highest BCUT2D eigenvalue weighted by molar-refractivity contribution is 5.77. The van der Waals surface area contributed by atoms with Crippen molar-refractivity contribution in [3.63, 3.8) is 0 Å². The summed E-state index contributed by atoms with van der Waals surface area (Å²) in [6.07, 6.45) is 3.28. The zero-order chi connectivity index (χ0) is 14.8. The lowest BCUT2D eigenvalue weighted by molar-refractivity contribution is 0.446. The first-order chi connectivity index (χ1) is 10.1. The van der Waals surface area contributed by atoms with Gasteiger partial charge in [0.1, 0.15) is 18.5 Å². The van der Waals surface area contributed by atoms with Crippen LogP contribution in [0, 0.1) is 13.8 Å². The van der Waals surface area contributed by atoms with E-state index in [1.807, 2.05) is 4.68 Å². The van der Waals surface area contributed by atoms with E-state index >= 15 is 0 Å². The van der Waals surface area contributed by atoms with Crippen LogP contribution >= 0.6 is 0 Å². The Morgan fingerprint density at radius 2 is 2.10 bits per heavy atom. The van der Waals surface area contributed by atoms with Crippen LogP contribution in [-0.4, -0.2) is 30.8 Å². The van der Waals surface area contributed by atoms with Gasteiger partial charge >= 0.3 is 0 Å². The molecule has 6 nitrogen and oxygen atoms in total. The Morgan fingerprint density at radius 3 is 2.86 bits per heavy atom. The minimum absolute atomic E-state index is 0.295. The van der Waals surface area contributed by atoms with Gasteiger partial charge in [0.05, 0.1) is 24.1 Å². The number of aromatic nitrogens is 5. The molecule has 1 unspecified atom stereocenters. The van der Waals surface area contributed by atoms with Crippen LogP contribution in [0.1, 0.15) is 23.9 Å². The van der Waals surface area contributed by atoms with Crippen molar-refractivity contribution in [2.75, 3.05) is 0 Å². The first-order valence-electron chi connectivity index (χ1n) is 7.13. The number of hydrogen-bond acceptors (Lipinski definition) is 4. The zero-order valence-electron chi connectivity index (χ0n) is 12.6. The molecular weight excluding hydrogens is 264 g/mol. The van der Waals surface area contributed by atoms with Crippen molar-refractivity contribution in [3.05, 3.63) is 41.7 Å². The summed E-state index contributed by atoms with van der Waals surface area (Å²) in [5.41, 5.74) is 4.68. The molecule has 1 atom stereocenters. The lowest BCUT2D eigenvalue weighted by atomic mass is 10.1. The average Bonchev–Trinajstić information content (AvgIpc) is 3.06. The molecule has 2 N–H and O–H groups in total. The van der Waals surface area contributed by atoms with Crippen LogP contribution in [0.4, 0.5) is 0 Å². The molecule has 0 spiro atoms. The number of aryl methyl sites for hydroxylation is 2. The molecule has 110 valence electrons. The van der Waals surface area contributed by atoms with Gasteiger partial charge in [-0.15, -0.1) is 0 Å². The Balaban J connectivity index is 1.65. The Morgan fingerprint density at radius 1 is 1.29 bits per heavy atom. The predicted octanol–water partition coefficient (Wildman–Crippen LogP) is 1.95. The highest BCUT2D eigenvalue weighted by Gasteiger charge is 2.07. The largest absolute Gasteiger partial charge is 0.341 e. The molecule has 2 aromatic heterocycles. The number of H-pyrrole nitrogens is 1. The standard InChI is InChI=1S/C15H20N6/c1-10-4-13-14(5-11(10)2)20-15(19-13)6-17-12(3)7-21-9-16-8-18-21/h4-5,8-9,12,17H,6-7H2,1-3H3,(H,19,20). The van der Waals surface area contributed by atoms with E-state index in [9.17, 15) is 0 Å². The van der Waals surface area contributed by atoms with Crippen molar-refractivity contribution in [3.8, 4) is 0 Å². The third-order valence-electron chi connectivity index (χ3n) is 3.69. The fourth-order valence-corrected chi connectivity index (χ4v) is 2.35. The number of nitrogens with zero attached hydrogens (tertiary/aromatic N) is 4. The number of imidazole rings is 1. The van der Waals surface area contributed by atoms with Crippen LogP contribution < -0.4 is 5.32 Å². The SMILES string of the molecule is Cc1cc2nc(CNC(C)Cn3cncn3)[nH]c2cc1C. The average molecular weight is 284 g/mol. The fraction of sp³-hybridized carbons (Fsp3) is 0.400. The maximum Gasteiger partial charge on any atom is 0.137 e. The van der Waals surface area contributed by atoms with Crippen LogP contribution in [0.25, 0.3) is 11.0 Å². The van der Waals surface area contributed by atoms with Crippen LogP contribution in [0.15, 0.2) is 24.8 Å². The van der Waals surface area contributed by atoms with E-state index in [1.165, 1.54) is 11.1 Å². The van der Waals surface area contributed by atoms with Gasteiger partial charge in [0.25, 0.3) is 0 Å². The zero-order valence-corrected chi connectivity index (χ0v) is 12.6. The smallest absolute Gasteiger partial charge is 0.137 e. The lowest BCUT2D eigenvalue weighted by Crippen LogP contribution is -2.30. The molecule has 6 heteroatoms. The summed E-state index contributed by atoms with van der Waals surface area (Å²) in [6.45, 7) is 7.86. The molecule has 21 heavy (non-hydrogen) atoms. The second kappa shape index (κ2) is 5.65. The lowest BCUT2D eigenvalue weighted by Gasteiger charge is -2.12. The minimum atomic E-state index is 0.295. The quantitative estimate of drug-likeness (QED) is 0.751. The topological polar surface area (TPSA) is 71.4 Å². The molecule has 2 heterocycles. The van der Waals surface area contributed by atoms with Gasteiger partial charge in [-0.3, -0.25) is 4.68 Å². The summed E-state index contributed by atoms with van der Waals surface area (Å²) in [6, 6.07) is 4.58. The molecule has 3 aromatic rings. The van der Waals surface area contributed by atoms with E-state index in [-0.39, 0.29) is 0 Å². The van der Waals surface area contributed by atoms with E-state index in [4.69, 9.17) is 0 Å². The third kappa shape index (κ3) is 3.11. The minimum Gasteiger partial charge on any atom is -0.341 e. The van der Waals surface area contributed by atoms with E-state index in [2.05, 4.69) is 58.3 Å². The number of rotatable bonds is 5. The summed E-state index contributed by atoms with van der Waals surface area (Å²) in [7, 11) is 0. The highest BCUT2D eigenvalue weighted by atomic mass is 15.3. The highest BCUT2D eigenvalue weighted by Crippen LogP contribution is 2.17. The van der Waals surface area contributed by atoms with E-state index in [0.29, 0.717) is 12.6 Å². The molecule has 1 aromatic carbocycles. The van der Waals surface area contributed by atoms with Crippen LogP contribution in [-0.2, 0) is 13.1 Å². The van der Waals surface area contributed by atoms with Gasteiger partial charge in [-0.1, -0.05) is 0 Å². The van der Waals surface area contributed by atoms with E-state index in [0.717, 1.165) is 23.4 Å². The Bertz CT molecular complexity index is 689. The van der Waals surface area contributed by atoms with E-state index < -0.39 is 0 Å². The molecule has 0 aliphatic carbocycles. The van der Waals surface area contributed by atoms with Gasteiger partial charge in [0, 0.05) is 6.04 Å². The summed E-state index contributed by atoms with van der Waals surface area (Å²) in [5, 5.41) is 7.55. The van der Waals surface area contributed by atoms with Gasteiger partial charge in [0.15, 0.2) is 0 Å². The molecule has 0 fully saturated rings. The molecule has 0 radical (unpaired) electrons. The molecule has 0 aliphatic heterocycles. The van der Waals surface area contributed by atoms with Gasteiger partial charge < -0.3 is 10.3 Å². The molecule has 0 saturated heterocycles. The van der Waals surface area contributed by atoms with Gasteiger partial charge in [-0.25, -0.2) is 9.97 Å². The summed E-state index contributed by atoms with van der Waals surface area (Å²) in [4.78, 5) is 11.9. The van der Waals surface area contributed by atoms with Crippen LogP contribution in [0.5, 0.6) is 0 Å². The predicted molar refractivity (Wildman–Crippen MR) is 81.9 cm³/mol. The first kappa shape index (κ1) is 13.8. The van der Waals surface area contributed by atoms with Crippen LogP contribution in [0.3, 0.4) is 0 Å². The van der Waals surface area contributed by atoms with Crippen molar-refractivity contribution in [2.45, 2.75) is 39.9 Å². The van der Waals surface area contributed by atoms with Gasteiger partial charge in [0.2, 0.25) is 0 Å². The Labute approximate surface area is 123 Å². The Kier molecular flexibility index (Phi) is 3.70. The number of hydrogen-bond donors (Lipinski definition) is 2. The second-order valence-electron chi connectivity index (χ2n) is 5.54. The number of benzene rings is 1. The van der Waals surface area contributed by atoms with Crippen molar-refractivity contribution >= 4 is 11.0 Å². The van der Waals surface area contributed by atoms with Crippen LogP contribution in [0.2, 0.25) is 0 Å². The summed E-state index contributed by atoms with van der Waals surface area (Å²) in [5.74, 6) is 0.959. The normalized spacial score (nSPS) is 12.9. The molecule has 0 bridgehead atoms. The summed E-state index contributed by atoms with van der Waals surface area (Å²) >= 11 is 0. The number of nitrogens with one attached hydrogen (secondary N) is 2. The fourth-order valence-electron chi connectivity index (χ4n) is 2.35. The van der Waals surface area contributed by atoms with Crippen molar-refractivity contribution in [1.82, 2.24) is 30.0 Å². The van der Waals surface area contributed by atoms with E-state index in [1.54, 1.807) is 12.7 Å². The molecule has 0 aliphatic rings. The molecule has 3 rings (SSSR count). The summed E-state index contributed by atoms with van der Waals surface area (Å²) < 4.78 is 1.82. The maximum absolute atomic E-state index is 4.63. The van der Waals surface area contributed by atoms with Crippen molar-refractivity contribution in [1.29, 1.82) is 0 Å². The molecular formula is C15H20N6. The van der Waals surface area contributed by atoms with Gasteiger partial charge in [-0.05, 0) is 44.0 Å². The maximum atomic E-state index is 4.63. The monoisotopic (exact) mass is 284 g/mol. The number of fused-ring (bicyclic) bond motifs is 1. The Hall–Kier alpha value is -2.21. The third-order valence-corrected chi connectivity index (χ3v) is 3.69. The molecule has 0 amide bonds. The second-order valence-corrected chi connectivity index (χ2v) is 5.54. The van der Waals surface area contributed by atoms with Crippen molar-refractivity contribution in [2.24, 2.45) is 0 Å². The van der Waals surface area contributed by atoms with Gasteiger partial charge in [-0.2, -0.15) is 5.10 Å².